The van der Waals surface area contributed by atoms with E-state index in [0.717, 1.165) is 18.7 Å². The maximum absolute atomic E-state index is 11.9. The van der Waals surface area contributed by atoms with Crippen molar-refractivity contribution in [3.05, 3.63) is 35.9 Å². The maximum atomic E-state index is 11.9. The Morgan fingerprint density at radius 2 is 2.00 bits per heavy atom. The van der Waals surface area contributed by atoms with E-state index < -0.39 is 0 Å². The molecule has 0 spiro atoms. The zero-order valence-corrected chi connectivity index (χ0v) is 11.8. The Kier molecular flexibility index (Phi) is 5.98. The predicted molar refractivity (Wildman–Crippen MR) is 74.3 cm³/mol. The highest BCUT2D eigenvalue weighted by Gasteiger charge is 2.28. The molecule has 0 amide bonds. The summed E-state index contributed by atoms with van der Waals surface area (Å²) in [6, 6.07) is 9.56. The van der Waals surface area contributed by atoms with Crippen molar-refractivity contribution in [3.8, 4) is 0 Å². The van der Waals surface area contributed by atoms with Gasteiger partial charge in [-0.05, 0) is 5.56 Å². The molecule has 0 unspecified atom stereocenters. The van der Waals surface area contributed by atoms with Crippen molar-refractivity contribution in [2.45, 2.75) is 12.6 Å². The fourth-order valence-corrected chi connectivity index (χ4v) is 2.21. The lowest BCUT2D eigenvalue weighted by Crippen LogP contribution is -2.50. The number of ether oxygens (including phenoxy) is 3. The Labute approximate surface area is 119 Å². The minimum Gasteiger partial charge on any atom is -0.468 e. The van der Waals surface area contributed by atoms with E-state index in [1.165, 1.54) is 7.11 Å². The third kappa shape index (κ3) is 4.30. The normalized spacial score (nSPS) is 17.6. The number of rotatable bonds is 6. The second kappa shape index (κ2) is 7.99. The highest BCUT2D eigenvalue weighted by molar-refractivity contribution is 5.75. The second-order valence-corrected chi connectivity index (χ2v) is 4.69. The molecule has 1 atom stereocenters. The third-order valence-electron chi connectivity index (χ3n) is 3.35. The first kappa shape index (κ1) is 15.0. The summed E-state index contributed by atoms with van der Waals surface area (Å²) in [6.45, 7) is 3.58. The molecule has 1 fully saturated rings. The fraction of sp³-hybridized carbons (Fsp3) is 0.533. The molecule has 20 heavy (non-hydrogen) atoms. The molecule has 1 saturated heterocycles. The molecule has 0 bridgehead atoms. The highest BCUT2D eigenvalue weighted by atomic mass is 16.5. The summed E-state index contributed by atoms with van der Waals surface area (Å²) < 4.78 is 15.8. The summed E-state index contributed by atoms with van der Waals surface area (Å²) in [5, 5.41) is 0. The van der Waals surface area contributed by atoms with Crippen molar-refractivity contribution in [1.82, 2.24) is 4.90 Å². The zero-order valence-electron chi connectivity index (χ0n) is 11.8. The van der Waals surface area contributed by atoms with Crippen LogP contribution in [0.2, 0.25) is 0 Å². The minimum atomic E-state index is -0.354. The van der Waals surface area contributed by atoms with E-state index in [-0.39, 0.29) is 12.0 Å². The number of carbonyl (C=O) groups is 1. The van der Waals surface area contributed by atoms with E-state index in [4.69, 9.17) is 14.2 Å². The van der Waals surface area contributed by atoms with E-state index in [2.05, 4.69) is 4.90 Å². The average molecular weight is 279 g/mol. The number of methoxy groups -OCH3 is 1. The quantitative estimate of drug-likeness (QED) is 0.729. The number of morpholine rings is 1. The predicted octanol–water partition coefficient (Wildman–Crippen LogP) is 1.08. The van der Waals surface area contributed by atoms with Gasteiger partial charge in [0.25, 0.3) is 0 Å². The Hall–Kier alpha value is -1.43. The molecule has 0 N–H and O–H groups in total. The van der Waals surface area contributed by atoms with Crippen molar-refractivity contribution in [2.75, 3.05) is 40.0 Å². The van der Waals surface area contributed by atoms with Gasteiger partial charge in [0.15, 0.2) is 0 Å². The molecule has 0 saturated carbocycles. The van der Waals surface area contributed by atoms with Gasteiger partial charge in [-0.25, -0.2) is 0 Å². The van der Waals surface area contributed by atoms with Gasteiger partial charge in [-0.15, -0.1) is 0 Å². The molecule has 1 heterocycles. The Morgan fingerprint density at radius 1 is 1.30 bits per heavy atom. The topological polar surface area (TPSA) is 48.0 Å². The first-order chi connectivity index (χ1) is 9.81. The number of benzene rings is 1. The first-order valence-electron chi connectivity index (χ1n) is 6.82. The van der Waals surface area contributed by atoms with Crippen molar-refractivity contribution in [3.63, 3.8) is 0 Å². The SMILES string of the molecule is COC(=O)[C@@H](COCc1ccccc1)N1CCOCC1. The van der Waals surface area contributed by atoms with Crippen LogP contribution in [0.5, 0.6) is 0 Å². The molecule has 1 aliphatic heterocycles. The summed E-state index contributed by atoms with van der Waals surface area (Å²) in [7, 11) is 1.41. The van der Waals surface area contributed by atoms with Crippen molar-refractivity contribution in [1.29, 1.82) is 0 Å². The first-order valence-corrected chi connectivity index (χ1v) is 6.82. The van der Waals surface area contributed by atoms with E-state index in [1.807, 2.05) is 30.3 Å². The van der Waals surface area contributed by atoms with Crippen LogP contribution in [0.3, 0.4) is 0 Å². The van der Waals surface area contributed by atoms with Crippen LogP contribution in [0, 0.1) is 0 Å². The van der Waals surface area contributed by atoms with Crippen LogP contribution in [0.25, 0.3) is 0 Å². The lowest BCUT2D eigenvalue weighted by molar-refractivity contribution is -0.151. The number of nitrogens with zero attached hydrogens (tertiary/aromatic N) is 1. The van der Waals surface area contributed by atoms with Gasteiger partial charge < -0.3 is 14.2 Å². The molecular weight excluding hydrogens is 258 g/mol. The maximum Gasteiger partial charge on any atom is 0.325 e. The summed E-state index contributed by atoms with van der Waals surface area (Å²) in [6.07, 6.45) is 0. The van der Waals surface area contributed by atoms with E-state index in [1.54, 1.807) is 0 Å². The van der Waals surface area contributed by atoms with Gasteiger partial charge in [0.1, 0.15) is 6.04 Å². The molecule has 5 heteroatoms. The molecule has 1 aromatic rings. The molecule has 0 aromatic heterocycles. The summed E-state index contributed by atoms with van der Waals surface area (Å²) in [5.74, 6) is -0.250. The van der Waals surface area contributed by atoms with Crippen LogP contribution in [-0.4, -0.2) is 56.9 Å². The molecule has 0 aliphatic carbocycles. The lowest BCUT2D eigenvalue weighted by Gasteiger charge is -2.32. The fourth-order valence-electron chi connectivity index (χ4n) is 2.21. The van der Waals surface area contributed by atoms with Gasteiger partial charge in [-0.2, -0.15) is 0 Å². The summed E-state index contributed by atoms with van der Waals surface area (Å²) in [4.78, 5) is 13.9. The largest absolute Gasteiger partial charge is 0.468 e. The van der Waals surface area contributed by atoms with Crippen molar-refractivity contribution in [2.24, 2.45) is 0 Å². The molecular formula is C15H21NO4. The molecule has 1 aromatic carbocycles. The Morgan fingerprint density at radius 3 is 2.65 bits per heavy atom. The van der Waals surface area contributed by atoms with Crippen LogP contribution in [0.4, 0.5) is 0 Å². The number of esters is 1. The van der Waals surface area contributed by atoms with Crippen LogP contribution in [-0.2, 0) is 25.6 Å². The Balaban J connectivity index is 1.85. The molecule has 0 radical (unpaired) electrons. The summed E-state index contributed by atoms with van der Waals surface area (Å²) >= 11 is 0. The molecule has 2 rings (SSSR count). The molecule has 5 nitrogen and oxygen atoms in total. The monoisotopic (exact) mass is 279 g/mol. The van der Waals surface area contributed by atoms with E-state index in [0.29, 0.717) is 26.4 Å². The highest BCUT2D eigenvalue weighted by Crippen LogP contribution is 2.08. The van der Waals surface area contributed by atoms with Gasteiger partial charge in [0.2, 0.25) is 0 Å². The van der Waals surface area contributed by atoms with Gasteiger partial charge >= 0.3 is 5.97 Å². The Bertz CT molecular complexity index is 404. The van der Waals surface area contributed by atoms with Crippen molar-refractivity contribution < 1.29 is 19.0 Å². The smallest absolute Gasteiger partial charge is 0.325 e. The van der Waals surface area contributed by atoms with Crippen LogP contribution in [0.15, 0.2) is 30.3 Å². The van der Waals surface area contributed by atoms with Gasteiger partial charge in [-0.1, -0.05) is 30.3 Å². The summed E-state index contributed by atoms with van der Waals surface area (Å²) in [5.41, 5.74) is 1.10. The van der Waals surface area contributed by atoms with Crippen LogP contribution >= 0.6 is 0 Å². The number of hydrogen-bond donors (Lipinski definition) is 0. The second-order valence-electron chi connectivity index (χ2n) is 4.69. The average Bonchev–Trinajstić information content (AvgIpc) is 2.53. The van der Waals surface area contributed by atoms with Gasteiger partial charge in [0, 0.05) is 13.1 Å². The van der Waals surface area contributed by atoms with Crippen molar-refractivity contribution >= 4 is 5.97 Å². The number of hydrogen-bond acceptors (Lipinski definition) is 5. The van der Waals surface area contributed by atoms with Crippen LogP contribution in [0.1, 0.15) is 5.56 Å². The number of carbonyl (C=O) groups excluding carboxylic acids is 1. The van der Waals surface area contributed by atoms with Gasteiger partial charge in [0.05, 0.1) is 33.5 Å². The van der Waals surface area contributed by atoms with Crippen LogP contribution < -0.4 is 0 Å². The minimum absolute atomic E-state index is 0.250. The van der Waals surface area contributed by atoms with E-state index >= 15 is 0 Å². The van der Waals surface area contributed by atoms with Gasteiger partial charge in [-0.3, -0.25) is 9.69 Å². The zero-order chi connectivity index (χ0) is 14.2. The molecule has 1 aliphatic rings. The molecule has 110 valence electrons. The lowest BCUT2D eigenvalue weighted by atomic mass is 10.2. The standard InChI is InChI=1S/C15H21NO4/c1-18-15(17)14(16-7-9-19-10-8-16)12-20-11-13-5-3-2-4-6-13/h2-6,14H,7-12H2,1H3/t14-/m1/s1. The van der Waals surface area contributed by atoms with E-state index in [9.17, 15) is 4.79 Å². The third-order valence-corrected chi connectivity index (χ3v) is 3.35.